The van der Waals surface area contributed by atoms with Crippen molar-refractivity contribution in [3.63, 3.8) is 0 Å². The van der Waals surface area contributed by atoms with Crippen LogP contribution in [0.1, 0.15) is 56.3 Å². The lowest BCUT2D eigenvalue weighted by atomic mass is 9.92. The average Bonchev–Trinajstić information content (AvgIpc) is 3.10. The summed E-state index contributed by atoms with van der Waals surface area (Å²) in [7, 11) is 0. The summed E-state index contributed by atoms with van der Waals surface area (Å²) in [6.45, 7) is 3.11. The Morgan fingerprint density at radius 1 is 1.47 bits per heavy atom. The highest BCUT2D eigenvalue weighted by Crippen LogP contribution is 2.35. The largest absolute Gasteiger partial charge is 0.394 e. The summed E-state index contributed by atoms with van der Waals surface area (Å²) in [5.41, 5.74) is 2.69. The first kappa shape index (κ1) is 13.1. The maximum Gasteiger partial charge on any atom is 0.0644 e. The number of fused-ring (bicyclic) bond motifs is 1. The van der Waals surface area contributed by atoms with E-state index in [1.807, 2.05) is 10.9 Å². The van der Waals surface area contributed by atoms with E-state index < -0.39 is 0 Å². The van der Waals surface area contributed by atoms with Crippen LogP contribution in [0.2, 0.25) is 0 Å². The molecular formula is C15H25N3O. The molecule has 19 heavy (non-hydrogen) atoms. The van der Waals surface area contributed by atoms with Gasteiger partial charge in [-0.3, -0.25) is 4.68 Å². The lowest BCUT2D eigenvalue weighted by Crippen LogP contribution is -2.33. The smallest absolute Gasteiger partial charge is 0.0644 e. The fourth-order valence-electron chi connectivity index (χ4n) is 3.34. The van der Waals surface area contributed by atoms with Gasteiger partial charge in [0.25, 0.3) is 0 Å². The number of nitrogens with one attached hydrogen (secondary N) is 1. The molecular weight excluding hydrogens is 238 g/mol. The van der Waals surface area contributed by atoms with Gasteiger partial charge >= 0.3 is 0 Å². The molecule has 1 aromatic heterocycles. The molecule has 0 spiro atoms. The number of nitrogens with zero attached hydrogens (tertiary/aromatic N) is 2. The molecule has 0 aliphatic heterocycles. The van der Waals surface area contributed by atoms with Gasteiger partial charge in [0, 0.05) is 23.3 Å². The van der Waals surface area contributed by atoms with Crippen molar-refractivity contribution < 1.29 is 5.11 Å². The van der Waals surface area contributed by atoms with E-state index in [9.17, 15) is 0 Å². The first-order chi connectivity index (χ1) is 9.28. The van der Waals surface area contributed by atoms with Gasteiger partial charge in [0.15, 0.2) is 0 Å². The summed E-state index contributed by atoms with van der Waals surface area (Å²) < 4.78 is 1.98. The summed E-state index contributed by atoms with van der Waals surface area (Å²) in [4.78, 5) is 0. The quantitative estimate of drug-likeness (QED) is 0.825. The number of hydrogen-bond donors (Lipinski definition) is 2. The van der Waals surface area contributed by atoms with Crippen LogP contribution in [0.3, 0.4) is 0 Å². The van der Waals surface area contributed by atoms with Gasteiger partial charge in [0.1, 0.15) is 0 Å². The first-order valence-electron chi connectivity index (χ1n) is 7.69. The molecule has 0 saturated heterocycles. The average molecular weight is 263 g/mol. The van der Waals surface area contributed by atoms with Crippen molar-refractivity contribution >= 4 is 0 Å². The van der Waals surface area contributed by atoms with Crippen LogP contribution in [0.15, 0.2) is 6.20 Å². The van der Waals surface area contributed by atoms with Crippen molar-refractivity contribution in [1.29, 1.82) is 0 Å². The van der Waals surface area contributed by atoms with E-state index in [-0.39, 0.29) is 6.61 Å². The summed E-state index contributed by atoms with van der Waals surface area (Å²) in [6.07, 6.45) is 9.71. The molecule has 2 atom stereocenters. The molecule has 2 aliphatic rings. The third-order valence-corrected chi connectivity index (χ3v) is 4.44. The molecule has 0 amide bonds. The zero-order valence-corrected chi connectivity index (χ0v) is 11.8. The SMILES string of the molecule is CC(CC1CC1)NC1CCCc2c1cnn2CCO. The molecule has 4 heteroatoms. The molecule has 106 valence electrons. The zero-order valence-electron chi connectivity index (χ0n) is 11.8. The molecule has 1 aromatic rings. The topological polar surface area (TPSA) is 50.1 Å². The van der Waals surface area contributed by atoms with E-state index in [2.05, 4.69) is 17.3 Å². The van der Waals surface area contributed by atoms with Gasteiger partial charge < -0.3 is 10.4 Å². The van der Waals surface area contributed by atoms with Crippen LogP contribution in [0.4, 0.5) is 0 Å². The highest BCUT2D eigenvalue weighted by molar-refractivity contribution is 5.25. The van der Waals surface area contributed by atoms with E-state index in [0.717, 1.165) is 12.3 Å². The van der Waals surface area contributed by atoms with E-state index >= 15 is 0 Å². The molecule has 0 aromatic carbocycles. The van der Waals surface area contributed by atoms with Crippen LogP contribution >= 0.6 is 0 Å². The van der Waals surface area contributed by atoms with Crippen molar-refractivity contribution in [1.82, 2.24) is 15.1 Å². The van der Waals surface area contributed by atoms with Gasteiger partial charge in [-0.1, -0.05) is 12.8 Å². The predicted molar refractivity (Wildman–Crippen MR) is 74.9 cm³/mol. The van der Waals surface area contributed by atoms with Gasteiger partial charge in [-0.25, -0.2) is 0 Å². The zero-order chi connectivity index (χ0) is 13.2. The Morgan fingerprint density at radius 3 is 3.05 bits per heavy atom. The molecule has 0 bridgehead atoms. The Hall–Kier alpha value is -0.870. The molecule has 1 saturated carbocycles. The van der Waals surface area contributed by atoms with E-state index in [0.29, 0.717) is 18.6 Å². The summed E-state index contributed by atoms with van der Waals surface area (Å²) in [5, 5.41) is 17.3. The van der Waals surface area contributed by atoms with Crippen LogP contribution in [0.25, 0.3) is 0 Å². The minimum absolute atomic E-state index is 0.171. The number of rotatable bonds is 6. The molecule has 2 unspecified atom stereocenters. The second-order valence-electron chi connectivity index (χ2n) is 6.18. The van der Waals surface area contributed by atoms with E-state index in [1.54, 1.807) is 0 Å². The summed E-state index contributed by atoms with van der Waals surface area (Å²) >= 11 is 0. The number of hydrogen-bond acceptors (Lipinski definition) is 3. The fraction of sp³-hybridized carbons (Fsp3) is 0.800. The van der Waals surface area contributed by atoms with Gasteiger partial charge in [0.2, 0.25) is 0 Å². The minimum atomic E-state index is 0.171. The third-order valence-electron chi connectivity index (χ3n) is 4.44. The molecule has 4 nitrogen and oxygen atoms in total. The fourth-order valence-corrected chi connectivity index (χ4v) is 3.34. The van der Waals surface area contributed by atoms with Crippen molar-refractivity contribution in [3.8, 4) is 0 Å². The Bertz CT molecular complexity index is 425. The molecule has 0 radical (unpaired) electrons. The molecule has 1 heterocycles. The van der Waals surface area contributed by atoms with Gasteiger partial charge in [-0.2, -0.15) is 5.10 Å². The number of aliphatic hydroxyl groups excluding tert-OH is 1. The second kappa shape index (κ2) is 5.63. The monoisotopic (exact) mass is 263 g/mol. The highest BCUT2D eigenvalue weighted by atomic mass is 16.3. The lowest BCUT2D eigenvalue weighted by molar-refractivity contribution is 0.266. The maximum atomic E-state index is 9.08. The highest BCUT2D eigenvalue weighted by Gasteiger charge is 2.28. The molecule has 3 rings (SSSR count). The second-order valence-corrected chi connectivity index (χ2v) is 6.18. The lowest BCUT2D eigenvalue weighted by Gasteiger charge is -2.27. The molecule has 2 aliphatic carbocycles. The van der Waals surface area contributed by atoms with Crippen molar-refractivity contribution in [3.05, 3.63) is 17.5 Å². The van der Waals surface area contributed by atoms with Crippen molar-refractivity contribution in [2.24, 2.45) is 5.92 Å². The Kier molecular flexibility index (Phi) is 3.89. The van der Waals surface area contributed by atoms with Crippen LogP contribution in [-0.2, 0) is 13.0 Å². The normalized spacial score (nSPS) is 24.2. The predicted octanol–water partition coefficient (Wildman–Crippen LogP) is 2.03. The Balaban J connectivity index is 1.67. The molecule has 1 fully saturated rings. The number of aliphatic hydroxyl groups is 1. The summed E-state index contributed by atoms with van der Waals surface area (Å²) in [5.74, 6) is 0.975. The van der Waals surface area contributed by atoms with Crippen molar-refractivity contribution in [2.45, 2.75) is 64.1 Å². The van der Waals surface area contributed by atoms with E-state index in [4.69, 9.17) is 5.11 Å². The summed E-state index contributed by atoms with van der Waals surface area (Å²) in [6, 6.07) is 1.06. The Labute approximate surface area is 115 Å². The first-order valence-corrected chi connectivity index (χ1v) is 7.69. The van der Waals surface area contributed by atoms with Crippen molar-refractivity contribution in [2.75, 3.05) is 6.61 Å². The standard InChI is InChI=1S/C15H25N3O/c1-11(9-12-5-6-12)17-14-3-2-4-15-13(14)10-16-18(15)7-8-19/h10-12,14,17,19H,2-9H2,1H3. The number of aromatic nitrogens is 2. The van der Waals surface area contributed by atoms with Gasteiger partial charge in [-0.05, 0) is 38.5 Å². The Morgan fingerprint density at radius 2 is 2.32 bits per heavy atom. The van der Waals surface area contributed by atoms with Crippen LogP contribution < -0.4 is 5.32 Å². The van der Waals surface area contributed by atoms with Crippen LogP contribution in [-0.4, -0.2) is 27.5 Å². The van der Waals surface area contributed by atoms with Gasteiger partial charge in [-0.15, -0.1) is 0 Å². The minimum Gasteiger partial charge on any atom is -0.394 e. The molecule has 2 N–H and O–H groups in total. The van der Waals surface area contributed by atoms with Gasteiger partial charge in [0.05, 0.1) is 19.3 Å². The third kappa shape index (κ3) is 3.00. The maximum absolute atomic E-state index is 9.08. The van der Waals surface area contributed by atoms with E-state index in [1.165, 1.54) is 43.4 Å². The van der Waals surface area contributed by atoms with Crippen LogP contribution in [0, 0.1) is 5.92 Å². The van der Waals surface area contributed by atoms with Crippen LogP contribution in [0.5, 0.6) is 0 Å².